The van der Waals surface area contributed by atoms with Crippen LogP contribution in [-0.4, -0.2) is 48.6 Å². The predicted molar refractivity (Wildman–Crippen MR) is 108 cm³/mol. The number of amides is 2. The minimum atomic E-state index is -0.328. The molecule has 142 valence electrons. The van der Waals surface area contributed by atoms with E-state index in [4.69, 9.17) is 16.3 Å². The highest BCUT2D eigenvalue weighted by atomic mass is 79.9. The quantitative estimate of drug-likeness (QED) is 0.669. The van der Waals surface area contributed by atoms with Crippen LogP contribution in [-0.2, 0) is 21.4 Å². The third-order valence-electron chi connectivity index (χ3n) is 5.20. The van der Waals surface area contributed by atoms with Gasteiger partial charge in [-0.15, -0.1) is 11.3 Å². The number of anilines is 1. The Morgan fingerprint density at radius 1 is 1.41 bits per heavy atom. The molecule has 1 fully saturated rings. The summed E-state index contributed by atoms with van der Waals surface area (Å²) in [5, 5.41) is 0.701. The average Bonchev–Trinajstić information content (AvgIpc) is 3.34. The number of rotatable bonds is 2. The fourth-order valence-corrected chi connectivity index (χ4v) is 5.27. The molecule has 2 aliphatic rings. The van der Waals surface area contributed by atoms with E-state index < -0.39 is 0 Å². The maximum Gasteiger partial charge on any atom is 0.409 e. The summed E-state index contributed by atoms with van der Waals surface area (Å²) in [6.45, 7) is 1.70. The number of benzene rings is 1. The summed E-state index contributed by atoms with van der Waals surface area (Å²) in [6, 6.07) is 5.96. The number of thiazole rings is 1. The van der Waals surface area contributed by atoms with Gasteiger partial charge in [0.15, 0.2) is 0 Å². The zero-order chi connectivity index (χ0) is 19.2. The Morgan fingerprint density at radius 3 is 2.93 bits per heavy atom. The molecule has 2 amide bonds. The number of likely N-dealkylation sites (tertiary alicyclic amines) is 1. The Morgan fingerprint density at radius 2 is 2.22 bits per heavy atom. The number of carbonyl (C=O) groups excluding carboxylic acids is 2. The summed E-state index contributed by atoms with van der Waals surface area (Å²) >= 11 is 10.8. The molecule has 0 unspecified atom stereocenters. The molecule has 0 radical (unpaired) electrons. The second-order valence-electron chi connectivity index (χ2n) is 6.80. The van der Waals surface area contributed by atoms with Gasteiger partial charge in [-0.2, -0.15) is 0 Å². The second kappa shape index (κ2) is 7.07. The van der Waals surface area contributed by atoms with Crippen molar-refractivity contribution in [3.05, 3.63) is 43.8 Å². The number of carbonyl (C=O) groups is 2. The fraction of sp³-hybridized carbons (Fsp3) is 0.389. The van der Waals surface area contributed by atoms with Crippen molar-refractivity contribution in [1.29, 1.82) is 0 Å². The fourth-order valence-electron chi connectivity index (χ4n) is 3.96. The molecule has 2 aromatic rings. The van der Waals surface area contributed by atoms with Gasteiger partial charge in [-0.05, 0) is 30.2 Å². The van der Waals surface area contributed by atoms with E-state index in [1.807, 2.05) is 17.0 Å². The van der Waals surface area contributed by atoms with Gasteiger partial charge in [0, 0.05) is 35.2 Å². The number of aromatic nitrogens is 1. The molecule has 0 aliphatic carbocycles. The third kappa shape index (κ3) is 3.34. The van der Waals surface area contributed by atoms with E-state index in [0.717, 1.165) is 22.1 Å². The van der Waals surface area contributed by atoms with Crippen LogP contribution in [0.25, 0.3) is 0 Å². The van der Waals surface area contributed by atoms with E-state index in [0.29, 0.717) is 29.0 Å². The van der Waals surface area contributed by atoms with Crippen molar-refractivity contribution in [2.75, 3.05) is 31.6 Å². The summed E-state index contributed by atoms with van der Waals surface area (Å²) in [5.74, 6) is -0.0158. The van der Waals surface area contributed by atoms with Gasteiger partial charge in [-0.3, -0.25) is 4.79 Å². The highest BCUT2D eigenvalue weighted by Crippen LogP contribution is 2.47. The zero-order valence-electron chi connectivity index (χ0n) is 14.6. The van der Waals surface area contributed by atoms with Gasteiger partial charge in [0.2, 0.25) is 5.91 Å². The third-order valence-corrected chi connectivity index (χ3v) is 6.81. The normalized spacial score (nSPS) is 21.0. The monoisotopic (exact) mass is 469 g/mol. The first-order valence-corrected chi connectivity index (χ1v) is 10.4. The van der Waals surface area contributed by atoms with Crippen LogP contribution in [0.2, 0.25) is 4.34 Å². The number of methoxy groups -OCH3 is 1. The smallest absolute Gasteiger partial charge is 0.409 e. The van der Waals surface area contributed by atoms with Crippen LogP contribution in [0, 0.1) is 0 Å². The Bertz CT molecular complexity index is 921. The molecule has 6 nitrogen and oxygen atoms in total. The van der Waals surface area contributed by atoms with E-state index in [9.17, 15) is 9.59 Å². The van der Waals surface area contributed by atoms with Crippen LogP contribution in [0.5, 0.6) is 0 Å². The largest absolute Gasteiger partial charge is 0.453 e. The first kappa shape index (κ1) is 18.7. The molecular weight excluding hydrogens is 454 g/mol. The molecule has 1 atom stereocenters. The minimum absolute atomic E-state index is 0.0158. The van der Waals surface area contributed by atoms with Crippen molar-refractivity contribution in [3.63, 3.8) is 0 Å². The van der Waals surface area contributed by atoms with Gasteiger partial charge in [0.25, 0.3) is 0 Å². The van der Waals surface area contributed by atoms with Gasteiger partial charge in [-0.1, -0.05) is 27.5 Å². The topological polar surface area (TPSA) is 62.7 Å². The standard InChI is InChI=1S/C18H17BrClN3O3S/c1-26-17(25)22-5-4-18(9-22)10-23(13-3-2-11(19)6-12(13)18)16(24)7-15-21-8-14(20)27-15/h2-3,6,8H,4-5,7,9-10H2,1H3/t18-/m0/s1. The number of nitrogens with zero attached hydrogens (tertiary/aromatic N) is 3. The molecule has 0 N–H and O–H groups in total. The Hall–Kier alpha value is -1.64. The first-order valence-electron chi connectivity index (χ1n) is 8.45. The van der Waals surface area contributed by atoms with E-state index in [1.54, 1.807) is 11.1 Å². The molecule has 1 aromatic heterocycles. The highest BCUT2D eigenvalue weighted by molar-refractivity contribution is 9.10. The van der Waals surface area contributed by atoms with Gasteiger partial charge in [-0.25, -0.2) is 9.78 Å². The predicted octanol–water partition coefficient (Wildman–Crippen LogP) is 3.86. The molecule has 0 bridgehead atoms. The number of halogens is 2. The molecular formula is C18H17BrClN3O3S. The molecule has 1 spiro atoms. The van der Waals surface area contributed by atoms with Crippen LogP contribution >= 0.6 is 38.9 Å². The summed E-state index contributed by atoms with van der Waals surface area (Å²) in [5.41, 5.74) is 1.72. The molecule has 4 rings (SSSR count). The second-order valence-corrected chi connectivity index (χ2v) is 9.46. The SMILES string of the molecule is COC(=O)N1CC[C@]2(C1)CN(C(=O)Cc1ncc(Cl)s1)c1ccc(Br)cc12. The van der Waals surface area contributed by atoms with Crippen LogP contribution < -0.4 is 4.90 Å². The van der Waals surface area contributed by atoms with E-state index in [2.05, 4.69) is 27.0 Å². The molecule has 0 saturated carbocycles. The van der Waals surface area contributed by atoms with Crippen molar-refractivity contribution in [3.8, 4) is 0 Å². The van der Waals surface area contributed by atoms with E-state index >= 15 is 0 Å². The average molecular weight is 471 g/mol. The number of fused-ring (bicyclic) bond motifs is 2. The molecule has 27 heavy (non-hydrogen) atoms. The van der Waals surface area contributed by atoms with Gasteiger partial charge >= 0.3 is 6.09 Å². The van der Waals surface area contributed by atoms with Gasteiger partial charge in [0.1, 0.15) is 9.34 Å². The van der Waals surface area contributed by atoms with E-state index in [-0.39, 0.29) is 23.8 Å². The molecule has 1 aromatic carbocycles. The lowest BCUT2D eigenvalue weighted by atomic mass is 9.81. The van der Waals surface area contributed by atoms with Gasteiger partial charge < -0.3 is 14.5 Å². The molecule has 2 aliphatic heterocycles. The lowest BCUT2D eigenvalue weighted by Gasteiger charge is -2.25. The van der Waals surface area contributed by atoms with E-state index in [1.165, 1.54) is 18.4 Å². The maximum absolute atomic E-state index is 13.0. The zero-order valence-corrected chi connectivity index (χ0v) is 17.7. The molecule has 9 heteroatoms. The number of hydrogen-bond acceptors (Lipinski definition) is 5. The van der Waals surface area contributed by atoms with Crippen LogP contribution in [0.3, 0.4) is 0 Å². The minimum Gasteiger partial charge on any atom is -0.453 e. The Labute approximate surface area is 174 Å². The molecule has 1 saturated heterocycles. The maximum atomic E-state index is 13.0. The summed E-state index contributed by atoms with van der Waals surface area (Å²) in [4.78, 5) is 32.7. The highest BCUT2D eigenvalue weighted by Gasteiger charge is 2.50. The van der Waals surface area contributed by atoms with Crippen LogP contribution in [0.4, 0.5) is 10.5 Å². The Kier molecular flexibility index (Phi) is 4.90. The van der Waals surface area contributed by atoms with Crippen LogP contribution in [0.15, 0.2) is 28.9 Å². The summed E-state index contributed by atoms with van der Waals surface area (Å²) in [6.07, 6.45) is 2.24. The lowest BCUT2D eigenvalue weighted by Crippen LogP contribution is -2.40. The van der Waals surface area contributed by atoms with Crippen molar-refractivity contribution in [2.45, 2.75) is 18.3 Å². The summed E-state index contributed by atoms with van der Waals surface area (Å²) < 4.78 is 6.41. The Balaban J connectivity index is 1.64. The van der Waals surface area contributed by atoms with Crippen molar-refractivity contribution >= 4 is 56.6 Å². The van der Waals surface area contributed by atoms with Crippen molar-refractivity contribution in [1.82, 2.24) is 9.88 Å². The van der Waals surface area contributed by atoms with Crippen molar-refractivity contribution < 1.29 is 14.3 Å². The lowest BCUT2D eigenvalue weighted by molar-refractivity contribution is -0.118. The molecule has 3 heterocycles. The van der Waals surface area contributed by atoms with Crippen molar-refractivity contribution in [2.24, 2.45) is 0 Å². The number of hydrogen-bond donors (Lipinski definition) is 0. The number of ether oxygens (including phenoxy) is 1. The summed E-state index contributed by atoms with van der Waals surface area (Å²) in [7, 11) is 1.39. The van der Waals surface area contributed by atoms with Gasteiger partial charge in [0.05, 0.1) is 19.7 Å². The first-order chi connectivity index (χ1) is 12.9. The van der Waals surface area contributed by atoms with Crippen LogP contribution in [0.1, 0.15) is 17.0 Å².